The molecular formula is C17H17ClN6OS2. The number of fused-ring (bicyclic) bond motifs is 3. The Labute approximate surface area is 168 Å². The van der Waals surface area contributed by atoms with E-state index in [1.807, 2.05) is 28.7 Å². The molecule has 0 saturated carbocycles. The van der Waals surface area contributed by atoms with Crippen LogP contribution in [0.5, 0.6) is 0 Å². The summed E-state index contributed by atoms with van der Waals surface area (Å²) < 4.78 is 8.10. The van der Waals surface area contributed by atoms with Crippen molar-refractivity contribution in [3.05, 3.63) is 44.6 Å². The first-order chi connectivity index (χ1) is 13.1. The van der Waals surface area contributed by atoms with Crippen LogP contribution in [0.15, 0.2) is 34.2 Å². The highest BCUT2D eigenvalue weighted by Gasteiger charge is 2.17. The van der Waals surface area contributed by atoms with Crippen LogP contribution in [0.2, 0.25) is 4.34 Å². The predicted octanol–water partition coefficient (Wildman–Crippen LogP) is 3.89. The average Bonchev–Trinajstić information content (AvgIpc) is 3.26. The lowest BCUT2D eigenvalue weighted by molar-refractivity contribution is 0.512. The zero-order valence-electron chi connectivity index (χ0n) is 14.8. The fourth-order valence-corrected chi connectivity index (χ4v) is 4.50. The highest BCUT2D eigenvalue weighted by atomic mass is 35.5. The summed E-state index contributed by atoms with van der Waals surface area (Å²) in [6.07, 6.45) is 0.892. The molecule has 27 heavy (non-hydrogen) atoms. The number of aryl methyl sites for hydroxylation is 1. The van der Waals surface area contributed by atoms with Gasteiger partial charge in [-0.15, -0.1) is 15.3 Å². The number of rotatable bonds is 6. The summed E-state index contributed by atoms with van der Waals surface area (Å²) in [7, 11) is 0. The zero-order chi connectivity index (χ0) is 19.0. The van der Waals surface area contributed by atoms with Gasteiger partial charge in [0.2, 0.25) is 5.78 Å². The van der Waals surface area contributed by atoms with E-state index in [0.717, 1.165) is 29.2 Å². The molecule has 4 rings (SSSR count). The van der Waals surface area contributed by atoms with Crippen LogP contribution in [0.1, 0.15) is 26.0 Å². The minimum absolute atomic E-state index is 0.0329. The van der Waals surface area contributed by atoms with Crippen LogP contribution >= 0.6 is 34.9 Å². The molecule has 3 aromatic heterocycles. The first-order valence-electron chi connectivity index (χ1n) is 8.52. The zero-order valence-corrected chi connectivity index (χ0v) is 17.2. The average molecular weight is 421 g/mol. The normalized spacial score (nSPS) is 11.9. The minimum Gasteiger partial charge on any atom is -0.276 e. The van der Waals surface area contributed by atoms with Crippen LogP contribution in [0.3, 0.4) is 0 Å². The molecule has 0 amide bonds. The van der Waals surface area contributed by atoms with Gasteiger partial charge in [0.15, 0.2) is 5.16 Å². The number of thioether (sulfide) groups is 1. The van der Waals surface area contributed by atoms with E-state index < -0.39 is 0 Å². The second-order valence-electron chi connectivity index (χ2n) is 6.56. The third-order valence-corrected chi connectivity index (χ3v) is 6.18. The lowest BCUT2D eigenvalue weighted by Gasteiger charge is -2.12. The Hall–Kier alpha value is -1.97. The number of halogens is 1. The van der Waals surface area contributed by atoms with Crippen molar-refractivity contribution in [1.29, 1.82) is 0 Å². The van der Waals surface area contributed by atoms with Crippen LogP contribution in [0, 0.1) is 5.92 Å². The lowest BCUT2D eigenvalue weighted by atomic mass is 10.1. The van der Waals surface area contributed by atoms with Crippen LogP contribution < -0.4 is 5.56 Å². The van der Waals surface area contributed by atoms with Crippen LogP contribution in [0.25, 0.3) is 16.7 Å². The second-order valence-corrected chi connectivity index (χ2v) is 8.86. The van der Waals surface area contributed by atoms with E-state index in [0.29, 0.717) is 38.9 Å². The molecule has 0 unspecified atom stereocenters. The summed E-state index contributed by atoms with van der Waals surface area (Å²) in [4.78, 5) is 13.0. The fraction of sp³-hybridized carbons (Fsp3) is 0.353. The maximum absolute atomic E-state index is 13.0. The molecule has 0 saturated heterocycles. The van der Waals surface area contributed by atoms with Gasteiger partial charge in [0, 0.05) is 23.8 Å². The summed E-state index contributed by atoms with van der Waals surface area (Å²) in [6.45, 7) is 4.88. The Morgan fingerprint density at radius 2 is 2.04 bits per heavy atom. The highest BCUT2D eigenvalue weighted by molar-refractivity contribution is 7.98. The molecule has 4 aromatic rings. The van der Waals surface area contributed by atoms with E-state index in [1.54, 1.807) is 4.57 Å². The number of aromatic nitrogens is 6. The number of hydrogen-bond acceptors (Lipinski definition) is 7. The SMILES string of the molecule is CC(C)CCn1c(=O)c2ccccc2n2c(SCc3nnsc3Cl)nnc12. The summed E-state index contributed by atoms with van der Waals surface area (Å²) in [5.74, 6) is 1.58. The Kier molecular flexibility index (Phi) is 5.16. The standard InChI is InChI=1S/C17H17ClN6OS2/c1-10(2)7-8-23-15(25)11-5-3-4-6-13(11)24-16(23)20-21-17(24)26-9-12-14(18)27-22-19-12/h3-6,10H,7-9H2,1-2H3. The van der Waals surface area contributed by atoms with Gasteiger partial charge in [-0.2, -0.15) is 0 Å². The molecule has 0 spiro atoms. The number of benzene rings is 1. The molecule has 140 valence electrons. The van der Waals surface area contributed by atoms with Crippen molar-refractivity contribution in [2.24, 2.45) is 5.92 Å². The molecule has 0 aliphatic heterocycles. The number of hydrogen-bond donors (Lipinski definition) is 0. The summed E-state index contributed by atoms with van der Waals surface area (Å²) in [5, 5.41) is 14.0. The molecule has 7 nitrogen and oxygen atoms in total. The second kappa shape index (κ2) is 7.57. The Balaban J connectivity index is 1.84. The molecule has 0 aliphatic carbocycles. The van der Waals surface area contributed by atoms with Crippen LogP contribution in [-0.4, -0.2) is 28.8 Å². The molecule has 0 radical (unpaired) electrons. The molecule has 3 heterocycles. The Bertz CT molecular complexity index is 1170. The largest absolute Gasteiger partial charge is 0.276 e. The van der Waals surface area contributed by atoms with E-state index in [2.05, 4.69) is 33.6 Å². The maximum Gasteiger partial charge on any atom is 0.262 e. The highest BCUT2D eigenvalue weighted by Crippen LogP contribution is 2.27. The van der Waals surface area contributed by atoms with Gasteiger partial charge in [0.05, 0.1) is 10.9 Å². The van der Waals surface area contributed by atoms with Gasteiger partial charge in [-0.3, -0.25) is 13.8 Å². The van der Waals surface area contributed by atoms with Crippen molar-refractivity contribution in [3.8, 4) is 0 Å². The quantitative estimate of drug-likeness (QED) is 0.440. The molecule has 0 N–H and O–H groups in total. The number of para-hydroxylation sites is 1. The first kappa shape index (κ1) is 18.4. The van der Waals surface area contributed by atoms with Crippen LogP contribution in [-0.2, 0) is 12.3 Å². The molecule has 0 aliphatic rings. The Morgan fingerprint density at radius 3 is 2.78 bits per heavy atom. The van der Waals surface area contributed by atoms with Crippen LogP contribution in [0.4, 0.5) is 0 Å². The van der Waals surface area contributed by atoms with E-state index in [-0.39, 0.29) is 5.56 Å². The van der Waals surface area contributed by atoms with Crippen molar-refractivity contribution in [3.63, 3.8) is 0 Å². The maximum atomic E-state index is 13.0. The summed E-state index contributed by atoms with van der Waals surface area (Å²) in [5.41, 5.74) is 1.49. The first-order valence-corrected chi connectivity index (χ1v) is 10.7. The monoisotopic (exact) mass is 420 g/mol. The smallest absolute Gasteiger partial charge is 0.262 e. The van der Waals surface area contributed by atoms with Crippen molar-refractivity contribution in [2.45, 2.75) is 37.7 Å². The summed E-state index contributed by atoms with van der Waals surface area (Å²) in [6, 6.07) is 7.55. The van der Waals surface area contributed by atoms with Crippen molar-refractivity contribution in [2.75, 3.05) is 0 Å². The van der Waals surface area contributed by atoms with E-state index in [9.17, 15) is 4.79 Å². The predicted molar refractivity (Wildman–Crippen MR) is 109 cm³/mol. The van der Waals surface area contributed by atoms with Gasteiger partial charge < -0.3 is 0 Å². The van der Waals surface area contributed by atoms with E-state index >= 15 is 0 Å². The minimum atomic E-state index is -0.0329. The third-order valence-electron chi connectivity index (χ3n) is 4.26. The van der Waals surface area contributed by atoms with Crippen molar-refractivity contribution in [1.82, 2.24) is 28.8 Å². The third kappa shape index (κ3) is 3.46. The van der Waals surface area contributed by atoms with Gasteiger partial charge in [0.25, 0.3) is 5.56 Å². The number of nitrogens with zero attached hydrogens (tertiary/aromatic N) is 6. The van der Waals surface area contributed by atoms with Gasteiger partial charge in [-0.1, -0.05) is 53.8 Å². The van der Waals surface area contributed by atoms with Gasteiger partial charge in [-0.05, 0) is 24.5 Å². The molecule has 1 aromatic carbocycles. The topological polar surface area (TPSA) is 78.0 Å². The molecule has 0 bridgehead atoms. The molecule has 0 atom stereocenters. The van der Waals surface area contributed by atoms with E-state index in [1.165, 1.54) is 11.8 Å². The molecule has 10 heteroatoms. The summed E-state index contributed by atoms with van der Waals surface area (Å²) >= 11 is 8.74. The molecule has 0 fully saturated rings. The van der Waals surface area contributed by atoms with Gasteiger partial charge in [-0.25, -0.2) is 0 Å². The van der Waals surface area contributed by atoms with Gasteiger partial charge >= 0.3 is 0 Å². The van der Waals surface area contributed by atoms with Gasteiger partial charge in [0.1, 0.15) is 10.0 Å². The van der Waals surface area contributed by atoms with Crippen molar-refractivity contribution < 1.29 is 0 Å². The van der Waals surface area contributed by atoms with Crippen molar-refractivity contribution >= 4 is 51.6 Å². The fourth-order valence-electron chi connectivity index (χ4n) is 2.83. The lowest BCUT2D eigenvalue weighted by Crippen LogP contribution is -2.24. The molecular weight excluding hydrogens is 404 g/mol. The Morgan fingerprint density at radius 1 is 1.22 bits per heavy atom. The van der Waals surface area contributed by atoms with E-state index in [4.69, 9.17) is 11.6 Å².